The SMILES string of the molecule is O=[C]OCc1ccc(Cl)c(Cl)c1Cl. The standard InChI is InChI=1S/C8H4Cl3O2/c9-6-2-1-5(3-13-4-12)7(10)8(6)11/h1-2H,3H2. The van der Waals surface area contributed by atoms with Gasteiger partial charge in [0.05, 0.1) is 15.1 Å². The topological polar surface area (TPSA) is 26.3 Å². The minimum Gasteiger partial charge on any atom is -0.452 e. The Hall–Kier alpha value is -0.440. The molecule has 0 N–H and O–H groups in total. The first-order valence-corrected chi connectivity index (χ1v) is 4.41. The van der Waals surface area contributed by atoms with Crippen molar-refractivity contribution in [1.82, 2.24) is 0 Å². The van der Waals surface area contributed by atoms with Gasteiger partial charge in [-0.25, -0.2) is 4.79 Å². The summed E-state index contributed by atoms with van der Waals surface area (Å²) in [5, 5.41) is 0.922. The molecule has 13 heavy (non-hydrogen) atoms. The summed E-state index contributed by atoms with van der Waals surface area (Å²) in [5.41, 5.74) is 0.597. The lowest BCUT2D eigenvalue weighted by atomic mass is 10.2. The van der Waals surface area contributed by atoms with E-state index < -0.39 is 0 Å². The number of rotatable bonds is 3. The lowest BCUT2D eigenvalue weighted by Crippen LogP contribution is -1.91. The predicted octanol–water partition coefficient (Wildman–Crippen LogP) is 3.23. The highest BCUT2D eigenvalue weighted by Gasteiger charge is 2.08. The fourth-order valence-corrected chi connectivity index (χ4v) is 1.39. The summed E-state index contributed by atoms with van der Waals surface area (Å²) in [4.78, 5) is 9.79. The summed E-state index contributed by atoms with van der Waals surface area (Å²) in [5.74, 6) is 0. The average Bonchev–Trinajstić information content (AvgIpc) is 2.13. The zero-order chi connectivity index (χ0) is 9.84. The summed E-state index contributed by atoms with van der Waals surface area (Å²) in [6.45, 7) is 1.33. The molecule has 0 spiro atoms. The molecule has 69 valence electrons. The van der Waals surface area contributed by atoms with Gasteiger partial charge in [-0.2, -0.15) is 0 Å². The summed E-state index contributed by atoms with van der Waals surface area (Å²) >= 11 is 17.2. The Bertz CT molecular complexity index is 325. The van der Waals surface area contributed by atoms with Gasteiger partial charge in [0.25, 0.3) is 0 Å². The van der Waals surface area contributed by atoms with Gasteiger partial charge in [-0.15, -0.1) is 0 Å². The zero-order valence-electron chi connectivity index (χ0n) is 6.31. The number of benzene rings is 1. The number of ether oxygens (including phenoxy) is 1. The molecular weight excluding hydrogens is 234 g/mol. The molecule has 0 aliphatic carbocycles. The van der Waals surface area contributed by atoms with Gasteiger partial charge in [-0.1, -0.05) is 40.9 Å². The van der Waals surface area contributed by atoms with E-state index in [1.165, 1.54) is 6.47 Å². The quantitative estimate of drug-likeness (QED) is 0.756. The van der Waals surface area contributed by atoms with Crippen LogP contribution >= 0.6 is 34.8 Å². The van der Waals surface area contributed by atoms with Crippen LogP contribution in [-0.4, -0.2) is 6.47 Å². The normalized spacial score (nSPS) is 9.77. The predicted molar refractivity (Wildman–Crippen MR) is 52.0 cm³/mol. The highest BCUT2D eigenvalue weighted by Crippen LogP contribution is 2.32. The molecular formula is C8H4Cl3O2. The number of hydrogen-bond acceptors (Lipinski definition) is 2. The summed E-state index contributed by atoms with van der Waals surface area (Å²) in [6.07, 6.45) is 0. The third-order valence-electron chi connectivity index (χ3n) is 1.40. The molecule has 1 aromatic carbocycles. The van der Waals surface area contributed by atoms with Crippen LogP contribution in [0.25, 0.3) is 0 Å². The van der Waals surface area contributed by atoms with Gasteiger partial charge >= 0.3 is 6.47 Å². The van der Waals surface area contributed by atoms with Crippen LogP contribution in [0, 0.1) is 0 Å². The van der Waals surface area contributed by atoms with Crippen molar-refractivity contribution in [2.24, 2.45) is 0 Å². The summed E-state index contributed by atoms with van der Waals surface area (Å²) in [7, 11) is 0. The van der Waals surface area contributed by atoms with E-state index in [1.54, 1.807) is 12.1 Å². The molecule has 1 rings (SSSR count). The Kier molecular flexibility index (Phi) is 3.85. The molecule has 1 radical (unpaired) electrons. The number of halogens is 3. The fourth-order valence-electron chi connectivity index (χ4n) is 0.785. The van der Waals surface area contributed by atoms with Crippen LogP contribution in [0.1, 0.15) is 5.56 Å². The molecule has 5 heteroatoms. The molecule has 0 heterocycles. The zero-order valence-corrected chi connectivity index (χ0v) is 8.58. The van der Waals surface area contributed by atoms with Gasteiger partial charge in [0.2, 0.25) is 0 Å². The second-order valence-corrected chi connectivity index (χ2v) is 3.37. The van der Waals surface area contributed by atoms with Crippen LogP contribution in [0.4, 0.5) is 0 Å². The number of carbonyl (C=O) groups excluding carboxylic acids is 1. The van der Waals surface area contributed by atoms with Crippen molar-refractivity contribution in [3.63, 3.8) is 0 Å². The Balaban J connectivity index is 2.96. The minimum atomic E-state index is 0.0409. The molecule has 0 saturated carbocycles. The Labute approximate surface area is 90.3 Å². The van der Waals surface area contributed by atoms with Gasteiger partial charge in [0.1, 0.15) is 6.61 Å². The molecule has 0 bridgehead atoms. The third-order valence-corrected chi connectivity index (χ3v) is 2.73. The molecule has 0 fully saturated rings. The largest absolute Gasteiger partial charge is 0.452 e. The van der Waals surface area contributed by atoms with Gasteiger partial charge in [-0.05, 0) is 6.07 Å². The first-order chi connectivity index (χ1) is 6.16. The smallest absolute Gasteiger partial charge is 0.417 e. The first-order valence-electron chi connectivity index (χ1n) is 3.28. The van der Waals surface area contributed by atoms with E-state index in [9.17, 15) is 4.79 Å². The highest BCUT2D eigenvalue weighted by molar-refractivity contribution is 6.48. The van der Waals surface area contributed by atoms with Gasteiger partial charge < -0.3 is 4.74 Å². The summed E-state index contributed by atoms with van der Waals surface area (Å²) < 4.78 is 4.40. The van der Waals surface area contributed by atoms with Crippen LogP contribution in [0.15, 0.2) is 12.1 Å². The molecule has 0 saturated heterocycles. The van der Waals surface area contributed by atoms with E-state index in [-0.39, 0.29) is 11.6 Å². The van der Waals surface area contributed by atoms with E-state index in [2.05, 4.69) is 4.74 Å². The Morgan fingerprint density at radius 2 is 1.92 bits per heavy atom. The molecule has 0 aliphatic rings. The Morgan fingerprint density at radius 1 is 1.23 bits per heavy atom. The third kappa shape index (κ3) is 2.50. The fraction of sp³-hybridized carbons (Fsp3) is 0.125. The molecule has 1 aromatic rings. The van der Waals surface area contributed by atoms with E-state index in [4.69, 9.17) is 34.8 Å². The van der Waals surface area contributed by atoms with Gasteiger partial charge in [0.15, 0.2) is 0 Å². The van der Waals surface area contributed by atoms with E-state index >= 15 is 0 Å². The molecule has 0 amide bonds. The van der Waals surface area contributed by atoms with E-state index in [1.807, 2.05) is 0 Å². The van der Waals surface area contributed by atoms with Crippen LogP contribution in [-0.2, 0) is 16.1 Å². The second kappa shape index (κ2) is 4.70. The second-order valence-electron chi connectivity index (χ2n) is 2.21. The Morgan fingerprint density at radius 3 is 2.54 bits per heavy atom. The monoisotopic (exact) mass is 237 g/mol. The molecule has 0 atom stereocenters. The van der Waals surface area contributed by atoms with Crippen molar-refractivity contribution in [1.29, 1.82) is 0 Å². The lowest BCUT2D eigenvalue weighted by molar-refractivity contribution is 0.267. The van der Waals surface area contributed by atoms with Gasteiger partial charge in [-0.3, -0.25) is 0 Å². The van der Waals surface area contributed by atoms with Crippen LogP contribution in [0.3, 0.4) is 0 Å². The molecule has 2 nitrogen and oxygen atoms in total. The van der Waals surface area contributed by atoms with Crippen molar-refractivity contribution in [2.45, 2.75) is 6.61 Å². The molecule has 0 aliphatic heterocycles. The van der Waals surface area contributed by atoms with Crippen molar-refractivity contribution >= 4 is 41.3 Å². The van der Waals surface area contributed by atoms with Crippen LogP contribution in [0.2, 0.25) is 15.1 Å². The van der Waals surface area contributed by atoms with Crippen molar-refractivity contribution in [3.8, 4) is 0 Å². The first kappa shape index (κ1) is 10.6. The lowest BCUT2D eigenvalue weighted by Gasteiger charge is -2.04. The van der Waals surface area contributed by atoms with Crippen molar-refractivity contribution < 1.29 is 9.53 Å². The highest BCUT2D eigenvalue weighted by atomic mass is 35.5. The molecule has 0 aromatic heterocycles. The van der Waals surface area contributed by atoms with Crippen LogP contribution in [0.5, 0.6) is 0 Å². The number of hydrogen-bond donors (Lipinski definition) is 0. The minimum absolute atomic E-state index is 0.0409. The maximum atomic E-state index is 9.79. The average molecular weight is 238 g/mol. The van der Waals surface area contributed by atoms with Crippen LogP contribution < -0.4 is 0 Å². The van der Waals surface area contributed by atoms with E-state index in [0.717, 1.165) is 0 Å². The van der Waals surface area contributed by atoms with Gasteiger partial charge in [0, 0.05) is 5.56 Å². The van der Waals surface area contributed by atoms with E-state index in [0.29, 0.717) is 15.6 Å². The maximum Gasteiger partial charge on any atom is 0.417 e. The maximum absolute atomic E-state index is 9.79. The van der Waals surface area contributed by atoms with Crippen molar-refractivity contribution in [2.75, 3.05) is 0 Å². The molecule has 0 unspecified atom stereocenters. The van der Waals surface area contributed by atoms with Crippen molar-refractivity contribution in [3.05, 3.63) is 32.8 Å². The summed E-state index contributed by atoms with van der Waals surface area (Å²) in [6, 6.07) is 3.22.